The van der Waals surface area contributed by atoms with Crippen molar-refractivity contribution in [2.24, 2.45) is 0 Å². The van der Waals surface area contributed by atoms with E-state index in [1.807, 2.05) is 86.6 Å². The Labute approximate surface area is 234 Å². The summed E-state index contributed by atoms with van der Waals surface area (Å²) >= 11 is 3.48. The third-order valence-electron chi connectivity index (χ3n) is 6.61. The minimum atomic E-state index is -0.645. The number of rotatable bonds is 13. The molecule has 0 aliphatic rings. The predicted octanol–water partition coefficient (Wildman–Crippen LogP) is 5.95. The number of hydrogen-bond acceptors (Lipinski definition) is 4. The SMILES string of the molecule is CC[C@H](C)NC(=O)[C@H](Cc1ccccc1)N(Cc1ccc(Br)cc1)C(=O)CCc1ccc(OC)c(OC)c1. The Morgan fingerprint density at radius 1 is 0.895 bits per heavy atom. The highest BCUT2D eigenvalue weighted by atomic mass is 79.9. The molecule has 0 bridgehead atoms. The highest BCUT2D eigenvalue weighted by Gasteiger charge is 2.30. The highest BCUT2D eigenvalue weighted by Crippen LogP contribution is 2.28. The number of amides is 2. The highest BCUT2D eigenvalue weighted by molar-refractivity contribution is 9.10. The summed E-state index contributed by atoms with van der Waals surface area (Å²) in [6.07, 6.45) is 2.01. The van der Waals surface area contributed by atoms with Gasteiger partial charge in [0, 0.05) is 29.9 Å². The van der Waals surface area contributed by atoms with E-state index in [1.54, 1.807) is 19.1 Å². The van der Waals surface area contributed by atoms with Gasteiger partial charge >= 0.3 is 0 Å². The van der Waals surface area contributed by atoms with Gasteiger partial charge in [-0.25, -0.2) is 0 Å². The molecule has 3 rings (SSSR count). The van der Waals surface area contributed by atoms with Crippen LogP contribution in [0.3, 0.4) is 0 Å². The normalized spacial score (nSPS) is 12.3. The van der Waals surface area contributed by atoms with E-state index in [0.29, 0.717) is 30.9 Å². The lowest BCUT2D eigenvalue weighted by Gasteiger charge is -2.32. The van der Waals surface area contributed by atoms with Crippen molar-refractivity contribution >= 4 is 27.7 Å². The zero-order chi connectivity index (χ0) is 27.5. The Hall–Kier alpha value is -3.32. The van der Waals surface area contributed by atoms with Crippen molar-refractivity contribution in [2.45, 2.75) is 58.2 Å². The van der Waals surface area contributed by atoms with Gasteiger partial charge < -0.3 is 19.7 Å². The average Bonchev–Trinajstić information content (AvgIpc) is 2.94. The number of nitrogens with one attached hydrogen (secondary N) is 1. The molecule has 0 radical (unpaired) electrons. The molecule has 3 aromatic rings. The molecule has 0 fully saturated rings. The van der Waals surface area contributed by atoms with Crippen LogP contribution >= 0.6 is 15.9 Å². The van der Waals surface area contributed by atoms with Crippen LogP contribution in [0.2, 0.25) is 0 Å². The van der Waals surface area contributed by atoms with E-state index < -0.39 is 6.04 Å². The number of aryl methyl sites for hydroxylation is 1. The van der Waals surface area contributed by atoms with Gasteiger partial charge in [-0.2, -0.15) is 0 Å². The van der Waals surface area contributed by atoms with E-state index in [4.69, 9.17) is 9.47 Å². The topological polar surface area (TPSA) is 67.9 Å². The Balaban J connectivity index is 1.90. The van der Waals surface area contributed by atoms with Crippen LogP contribution in [0.5, 0.6) is 11.5 Å². The third-order valence-corrected chi connectivity index (χ3v) is 7.14. The van der Waals surface area contributed by atoms with Gasteiger partial charge in [0.05, 0.1) is 14.2 Å². The van der Waals surface area contributed by atoms with Crippen molar-refractivity contribution in [2.75, 3.05) is 14.2 Å². The molecule has 7 heteroatoms. The zero-order valence-electron chi connectivity index (χ0n) is 22.6. The van der Waals surface area contributed by atoms with Crippen LogP contribution in [0.25, 0.3) is 0 Å². The van der Waals surface area contributed by atoms with Gasteiger partial charge in [-0.05, 0) is 60.7 Å². The molecular weight excluding hydrogens is 544 g/mol. The van der Waals surface area contributed by atoms with Gasteiger partial charge in [-0.15, -0.1) is 0 Å². The molecule has 0 spiro atoms. The maximum atomic E-state index is 13.8. The minimum absolute atomic E-state index is 0.0113. The average molecular weight is 582 g/mol. The molecular formula is C31H37BrN2O4. The first-order chi connectivity index (χ1) is 18.3. The largest absolute Gasteiger partial charge is 0.493 e. The van der Waals surface area contributed by atoms with Crippen molar-refractivity contribution in [3.05, 3.63) is 94.0 Å². The number of benzene rings is 3. The van der Waals surface area contributed by atoms with Gasteiger partial charge in [0.1, 0.15) is 6.04 Å². The van der Waals surface area contributed by atoms with Crippen LogP contribution in [0.4, 0.5) is 0 Å². The smallest absolute Gasteiger partial charge is 0.243 e. The number of carbonyl (C=O) groups is 2. The molecule has 2 atom stereocenters. The summed E-state index contributed by atoms with van der Waals surface area (Å²) in [4.78, 5) is 29.2. The minimum Gasteiger partial charge on any atom is -0.493 e. The Kier molecular flexibility index (Phi) is 11.2. The summed E-state index contributed by atoms with van der Waals surface area (Å²) in [6, 6.07) is 22.7. The molecule has 2 amide bonds. The lowest BCUT2D eigenvalue weighted by molar-refractivity contribution is -0.141. The maximum Gasteiger partial charge on any atom is 0.243 e. The fraction of sp³-hybridized carbons (Fsp3) is 0.355. The van der Waals surface area contributed by atoms with Crippen LogP contribution in [0.15, 0.2) is 77.3 Å². The van der Waals surface area contributed by atoms with Crippen LogP contribution in [-0.4, -0.2) is 43.0 Å². The van der Waals surface area contributed by atoms with Crippen molar-refractivity contribution in [3.8, 4) is 11.5 Å². The second kappa shape index (κ2) is 14.6. The molecule has 202 valence electrons. The zero-order valence-corrected chi connectivity index (χ0v) is 24.2. The summed E-state index contributed by atoms with van der Waals surface area (Å²) in [7, 11) is 3.19. The van der Waals surface area contributed by atoms with Gasteiger partial charge in [0.15, 0.2) is 11.5 Å². The van der Waals surface area contributed by atoms with Crippen LogP contribution in [0.1, 0.15) is 43.4 Å². The fourth-order valence-electron chi connectivity index (χ4n) is 4.21. The summed E-state index contributed by atoms with van der Waals surface area (Å²) in [5.41, 5.74) is 2.93. The summed E-state index contributed by atoms with van der Waals surface area (Å²) in [5.74, 6) is 1.05. The van der Waals surface area contributed by atoms with E-state index in [9.17, 15) is 9.59 Å². The molecule has 0 unspecified atom stereocenters. The second-order valence-corrected chi connectivity index (χ2v) is 10.3. The van der Waals surface area contributed by atoms with Crippen LogP contribution in [0, 0.1) is 0 Å². The Bertz CT molecular complexity index is 1180. The standard InChI is InChI=1S/C31H37BrN2O4/c1-5-22(2)33-31(36)27(19-23-9-7-6-8-10-23)34(21-25-11-15-26(32)16-12-25)30(35)18-14-24-13-17-28(37-3)29(20-24)38-4/h6-13,15-17,20,22,27H,5,14,18-19,21H2,1-4H3,(H,33,36)/t22-,27-/m0/s1. The molecule has 1 N–H and O–H groups in total. The number of halogens is 1. The predicted molar refractivity (Wildman–Crippen MR) is 154 cm³/mol. The number of methoxy groups -OCH3 is 2. The quantitative estimate of drug-likeness (QED) is 0.271. The molecule has 0 heterocycles. The molecule has 6 nitrogen and oxygen atoms in total. The van der Waals surface area contributed by atoms with Crippen LogP contribution < -0.4 is 14.8 Å². The number of ether oxygens (including phenoxy) is 2. The first-order valence-corrected chi connectivity index (χ1v) is 13.7. The van der Waals surface area contributed by atoms with Crippen molar-refractivity contribution in [3.63, 3.8) is 0 Å². The molecule has 0 aromatic heterocycles. The number of carbonyl (C=O) groups excluding carboxylic acids is 2. The van der Waals surface area contributed by atoms with E-state index in [2.05, 4.69) is 21.2 Å². The van der Waals surface area contributed by atoms with Crippen molar-refractivity contribution < 1.29 is 19.1 Å². The van der Waals surface area contributed by atoms with E-state index in [-0.39, 0.29) is 24.3 Å². The lowest BCUT2D eigenvalue weighted by Crippen LogP contribution is -2.52. The first-order valence-electron chi connectivity index (χ1n) is 12.9. The van der Waals surface area contributed by atoms with E-state index >= 15 is 0 Å². The lowest BCUT2D eigenvalue weighted by atomic mass is 10.0. The Morgan fingerprint density at radius 3 is 2.18 bits per heavy atom. The molecule has 0 aliphatic heterocycles. The molecule has 0 saturated carbocycles. The summed E-state index contributed by atoms with van der Waals surface area (Å²) in [5, 5.41) is 3.11. The van der Waals surface area contributed by atoms with Gasteiger partial charge in [0.2, 0.25) is 11.8 Å². The number of nitrogens with zero attached hydrogens (tertiary/aromatic N) is 1. The van der Waals surface area contributed by atoms with Crippen LogP contribution in [-0.2, 0) is 29.0 Å². The summed E-state index contributed by atoms with van der Waals surface area (Å²) < 4.78 is 11.7. The number of hydrogen-bond donors (Lipinski definition) is 1. The van der Waals surface area contributed by atoms with E-state index in [1.165, 1.54) is 0 Å². The van der Waals surface area contributed by atoms with Crippen molar-refractivity contribution in [1.29, 1.82) is 0 Å². The monoisotopic (exact) mass is 580 g/mol. The Morgan fingerprint density at radius 2 is 1.55 bits per heavy atom. The van der Waals surface area contributed by atoms with Gasteiger partial charge in [-0.3, -0.25) is 9.59 Å². The van der Waals surface area contributed by atoms with Crippen molar-refractivity contribution in [1.82, 2.24) is 10.2 Å². The molecule has 0 aliphatic carbocycles. The third kappa shape index (κ3) is 8.35. The van der Waals surface area contributed by atoms with E-state index in [0.717, 1.165) is 27.6 Å². The van der Waals surface area contributed by atoms with Gasteiger partial charge in [-0.1, -0.05) is 71.4 Å². The molecule has 3 aromatic carbocycles. The van der Waals surface area contributed by atoms with Gasteiger partial charge in [0.25, 0.3) is 0 Å². The second-order valence-electron chi connectivity index (χ2n) is 9.36. The fourth-order valence-corrected chi connectivity index (χ4v) is 4.48. The molecule has 0 saturated heterocycles. The first kappa shape index (κ1) is 29.2. The molecule has 38 heavy (non-hydrogen) atoms. The summed E-state index contributed by atoms with van der Waals surface area (Å²) in [6.45, 7) is 4.35. The maximum absolute atomic E-state index is 13.8.